The van der Waals surface area contributed by atoms with Crippen molar-refractivity contribution in [2.75, 3.05) is 6.61 Å². The average Bonchev–Trinajstić information content (AvgIpc) is 2.74. The molecule has 1 fully saturated rings. The van der Waals surface area contributed by atoms with Crippen LogP contribution < -0.4 is 10.2 Å². The molecule has 5 atom stereocenters. The summed E-state index contributed by atoms with van der Waals surface area (Å²) in [6.45, 7) is -0.404. The zero-order valence-electron chi connectivity index (χ0n) is 16.3. The van der Waals surface area contributed by atoms with Gasteiger partial charge in [-0.15, -0.1) is 0 Å². The summed E-state index contributed by atoms with van der Waals surface area (Å²) in [5, 5.41) is 59.4. The monoisotopic (exact) mass is 430 g/mol. The molecule has 9 nitrogen and oxygen atoms in total. The van der Waals surface area contributed by atoms with Crippen molar-refractivity contribution in [3.63, 3.8) is 0 Å². The Balaban J connectivity index is 1.71. The van der Waals surface area contributed by atoms with Gasteiger partial charge in [-0.05, 0) is 30.7 Å². The Morgan fingerprint density at radius 3 is 2.35 bits per heavy atom. The van der Waals surface area contributed by atoms with Crippen LogP contribution in [0.2, 0.25) is 0 Å². The van der Waals surface area contributed by atoms with Crippen molar-refractivity contribution in [1.82, 2.24) is 0 Å². The second kappa shape index (κ2) is 8.20. The highest BCUT2D eigenvalue weighted by Gasteiger charge is 2.43. The number of aliphatic hydroxyl groups is 4. The number of hydrogen-bond donors (Lipinski definition) is 6. The molecule has 0 unspecified atom stereocenters. The lowest BCUT2D eigenvalue weighted by molar-refractivity contribution is -0.156. The summed E-state index contributed by atoms with van der Waals surface area (Å²) >= 11 is 0. The molecule has 1 heterocycles. The van der Waals surface area contributed by atoms with Gasteiger partial charge in [-0.3, -0.25) is 4.79 Å². The molecule has 1 saturated carbocycles. The van der Waals surface area contributed by atoms with E-state index in [1.807, 2.05) is 0 Å². The summed E-state index contributed by atoms with van der Waals surface area (Å²) in [5.41, 5.74) is 0.0911. The zero-order chi connectivity index (χ0) is 22.3. The summed E-state index contributed by atoms with van der Waals surface area (Å²) in [6, 6.07) is 9.82. The van der Waals surface area contributed by atoms with Crippen LogP contribution in [0.3, 0.4) is 0 Å². The van der Waals surface area contributed by atoms with Gasteiger partial charge in [0.1, 0.15) is 52.3 Å². The van der Waals surface area contributed by atoms with Crippen LogP contribution in [0.5, 0.6) is 17.2 Å². The van der Waals surface area contributed by atoms with Crippen molar-refractivity contribution < 1.29 is 39.8 Å². The van der Waals surface area contributed by atoms with Crippen molar-refractivity contribution in [2.24, 2.45) is 5.92 Å². The van der Waals surface area contributed by atoms with E-state index in [-0.39, 0.29) is 40.4 Å². The lowest BCUT2D eigenvalue weighted by atomic mass is 9.81. The van der Waals surface area contributed by atoms with E-state index in [0.29, 0.717) is 5.56 Å². The van der Waals surface area contributed by atoms with Gasteiger partial charge in [0, 0.05) is 36.3 Å². The Morgan fingerprint density at radius 1 is 0.968 bits per heavy atom. The number of phenols is 2. The van der Waals surface area contributed by atoms with Crippen LogP contribution in [-0.4, -0.2) is 61.7 Å². The molecule has 164 valence electrons. The van der Waals surface area contributed by atoms with Gasteiger partial charge in [0.2, 0.25) is 0 Å². The van der Waals surface area contributed by atoms with E-state index in [4.69, 9.17) is 9.15 Å². The fourth-order valence-electron chi connectivity index (χ4n) is 3.83. The van der Waals surface area contributed by atoms with Gasteiger partial charge in [-0.2, -0.15) is 0 Å². The van der Waals surface area contributed by atoms with Gasteiger partial charge in [0.25, 0.3) is 0 Å². The zero-order valence-corrected chi connectivity index (χ0v) is 16.3. The van der Waals surface area contributed by atoms with Gasteiger partial charge in [-0.25, -0.2) is 0 Å². The average molecular weight is 430 g/mol. The van der Waals surface area contributed by atoms with Crippen LogP contribution in [0.4, 0.5) is 0 Å². The minimum atomic E-state index is -1.51. The quantitative estimate of drug-likeness (QED) is 0.350. The lowest BCUT2D eigenvalue weighted by Crippen LogP contribution is -2.56. The van der Waals surface area contributed by atoms with Crippen LogP contribution in [0.25, 0.3) is 22.3 Å². The van der Waals surface area contributed by atoms with Crippen molar-refractivity contribution in [1.29, 1.82) is 0 Å². The van der Waals surface area contributed by atoms with E-state index >= 15 is 0 Å². The molecule has 1 aromatic heterocycles. The van der Waals surface area contributed by atoms with Crippen LogP contribution in [0.1, 0.15) is 6.42 Å². The molecule has 0 aliphatic heterocycles. The van der Waals surface area contributed by atoms with Crippen molar-refractivity contribution in [3.8, 4) is 28.6 Å². The molecular weight excluding hydrogens is 408 g/mol. The third-order valence-corrected chi connectivity index (χ3v) is 5.56. The van der Waals surface area contributed by atoms with E-state index in [1.54, 1.807) is 12.1 Å². The molecule has 9 heteroatoms. The summed E-state index contributed by atoms with van der Waals surface area (Å²) in [6.07, 6.45) is -5.14. The highest BCUT2D eigenvalue weighted by molar-refractivity contribution is 5.86. The van der Waals surface area contributed by atoms with Crippen molar-refractivity contribution >= 4 is 11.0 Å². The number of rotatable bonds is 4. The predicted octanol–water partition coefficient (Wildman–Crippen LogP) is 0.713. The van der Waals surface area contributed by atoms with Crippen molar-refractivity contribution in [2.45, 2.75) is 30.8 Å². The van der Waals surface area contributed by atoms with E-state index in [0.717, 1.165) is 0 Å². The van der Waals surface area contributed by atoms with Gasteiger partial charge < -0.3 is 39.8 Å². The largest absolute Gasteiger partial charge is 0.508 e. The maximum atomic E-state index is 12.5. The van der Waals surface area contributed by atoms with Gasteiger partial charge in [-0.1, -0.05) is 0 Å². The number of hydrogen-bond acceptors (Lipinski definition) is 9. The number of benzene rings is 2. The maximum absolute atomic E-state index is 12.5. The lowest BCUT2D eigenvalue weighted by Gasteiger charge is -2.39. The fourth-order valence-corrected chi connectivity index (χ4v) is 3.83. The van der Waals surface area contributed by atoms with E-state index in [9.17, 15) is 35.4 Å². The van der Waals surface area contributed by atoms with Crippen LogP contribution in [0.15, 0.2) is 51.7 Å². The normalized spacial score (nSPS) is 26.1. The summed E-state index contributed by atoms with van der Waals surface area (Å²) in [5.74, 6) is -0.745. The van der Waals surface area contributed by atoms with Gasteiger partial charge >= 0.3 is 0 Å². The number of aliphatic hydroxyl groups excluding tert-OH is 4. The second-order valence-corrected chi connectivity index (χ2v) is 7.64. The Kier molecular flexibility index (Phi) is 5.59. The van der Waals surface area contributed by atoms with Crippen molar-refractivity contribution in [3.05, 3.63) is 52.7 Å². The molecule has 2 aromatic carbocycles. The summed E-state index contributed by atoms with van der Waals surface area (Å²) < 4.78 is 11.5. The van der Waals surface area contributed by atoms with Crippen LogP contribution >= 0.6 is 0 Å². The minimum Gasteiger partial charge on any atom is -0.508 e. The molecule has 3 aromatic rings. The smallest absolute Gasteiger partial charge is 0.197 e. The standard InChI is InChI=1S/C22H22O9/c23-9-11-5-18(21(28)22(29)20(11)27)30-13-6-14(25)19-15(26)8-16(31-17(19)7-13)10-1-3-12(24)4-2-10/h1-4,6-8,11,18,20-25,27-29H,5,9H2/t11-,18-,20-,21+,22+/m1/s1. The minimum absolute atomic E-state index is 0.0372. The van der Waals surface area contributed by atoms with Crippen LogP contribution in [0, 0.1) is 5.92 Å². The molecule has 0 bridgehead atoms. The number of ether oxygens (including phenoxy) is 1. The molecule has 0 amide bonds. The second-order valence-electron chi connectivity index (χ2n) is 7.64. The third-order valence-electron chi connectivity index (χ3n) is 5.56. The third kappa shape index (κ3) is 3.96. The molecule has 31 heavy (non-hydrogen) atoms. The highest BCUT2D eigenvalue weighted by atomic mass is 16.5. The van der Waals surface area contributed by atoms with E-state index < -0.39 is 42.4 Å². The first kappa shape index (κ1) is 21.1. The van der Waals surface area contributed by atoms with E-state index in [2.05, 4.69) is 0 Å². The highest BCUT2D eigenvalue weighted by Crippen LogP contribution is 2.34. The first-order chi connectivity index (χ1) is 14.8. The predicted molar refractivity (Wildman–Crippen MR) is 109 cm³/mol. The Bertz CT molecular complexity index is 1140. The first-order valence-corrected chi connectivity index (χ1v) is 9.70. The molecule has 0 spiro atoms. The topological polar surface area (TPSA) is 161 Å². The summed E-state index contributed by atoms with van der Waals surface area (Å²) in [4.78, 5) is 12.5. The summed E-state index contributed by atoms with van der Waals surface area (Å²) in [7, 11) is 0. The fraction of sp³-hybridized carbons (Fsp3) is 0.318. The van der Waals surface area contributed by atoms with E-state index in [1.165, 1.54) is 30.3 Å². The Labute approximate surface area is 176 Å². The SMILES string of the molecule is O=c1cc(-c2ccc(O)cc2)oc2cc(O[C@@H]3C[C@H](CO)[C@@H](O)[C@H](O)[C@H]3O)cc(O)c12. The molecular formula is C22H22O9. The molecule has 0 radical (unpaired) electrons. The first-order valence-electron chi connectivity index (χ1n) is 9.70. The van der Waals surface area contributed by atoms with Gasteiger partial charge in [0.05, 0.1) is 6.10 Å². The van der Waals surface area contributed by atoms with Gasteiger partial charge in [0.15, 0.2) is 5.43 Å². The molecule has 1 aliphatic rings. The molecule has 1 aliphatic carbocycles. The maximum Gasteiger partial charge on any atom is 0.197 e. The number of phenolic OH excluding ortho intramolecular Hbond substituents is 2. The van der Waals surface area contributed by atoms with Crippen LogP contribution in [-0.2, 0) is 0 Å². The number of fused-ring (bicyclic) bond motifs is 1. The Hall–Kier alpha value is -3.11. The molecule has 6 N–H and O–H groups in total. The molecule has 4 rings (SSSR count). The number of aromatic hydroxyl groups is 2. The Morgan fingerprint density at radius 2 is 1.68 bits per heavy atom. The molecule has 0 saturated heterocycles.